The van der Waals surface area contributed by atoms with Crippen LogP contribution in [0.15, 0.2) is 47.5 Å². The van der Waals surface area contributed by atoms with Crippen molar-refractivity contribution >= 4 is 11.6 Å². The van der Waals surface area contributed by atoms with Crippen LogP contribution in [0.1, 0.15) is 37.3 Å². The molecule has 0 saturated carbocycles. The Morgan fingerprint density at radius 1 is 1.04 bits per heavy atom. The summed E-state index contributed by atoms with van der Waals surface area (Å²) in [5.74, 6) is 2.29. The van der Waals surface area contributed by atoms with Gasteiger partial charge in [-0.3, -0.25) is 4.99 Å². The summed E-state index contributed by atoms with van der Waals surface area (Å²) < 4.78 is 10.5. The quantitative estimate of drug-likeness (QED) is 0.423. The molecule has 0 spiro atoms. The smallest absolute Gasteiger partial charge is 0.193 e. The number of aryl methyl sites for hydroxylation is 1. The van der Waals surface area contributed by atoms with Crippen molar-refractivity contribution in [2.45, 2.75) is 32.6 Å². The highest BCUT2D eigenvalue weighted by atomic mass is 16.5. The van der Waals surface area contributed by atoms with Crippen molar-refractivity contribution in [2.24, 2.45) is 10.7 Å². The lowest BCUT2D eigenvalue weighted by molar-refractivity contribution is 0.355. The molecule has 0 saturated heterocycles. The van der Waals surface area contributed by atoms with Crippen LogP contribution in [-0.2, 0) is 6.42 Å². The lowest BCUT2D eigenvalue weighted by Crippen LogP contribution is -2.22. The van der Waals surface area contributed by atoms with E-state index < -0.39 is 0 Å². The summed E-state index contributed by atoms with van der Waals surface area (Å²) in [6.07, 6.45) is 1.95. The van der Waals surface area contributed by atoms with Gasteiger partial charge in [-0.2, -0.15) is 0 Å². The Labute approximate surface area is 156 Å². The van der Waals surface area contributed by atoms with E-state index in [1.54, 1.807) is 14.2 Å². The number of hydrogen-bond acceptors (Lipinski definition) is 3. The number of benzene rings is 2. The zero-order valence-electron chi connectivity index (χ0n) is 16.1. The molecule has 26 heavy (non-hydrogen) atoms. The minimum Gasteiger partial charge on any atom is -0.493 e. The van der Waals surface area contributed by atoms with E-state index >= 15 is 0 Å². The number of ether oxygens (including phenoxy) is 2. The topological polar surface area (TPSA) is 68.9 Å². The summed E-state index contributed by atoms with van der Waals surface area (Å²) in [6.45, 7) is 5.09. The van der Waals surface area contributed by atoms with Crippen LogP contribution in [0.25, 0.3) is 0 Å². The number of guanidine groups is 1. The number of hydrogen-bond donors (Lipinski definition) is 2. The Hall–Kier alpha value is -2.69. The Morgan fingerprint density at radius 3 is 2.35 bits per heavy atom. The number of nitrogens with two attached hydrogens (primary N) is 1. The van der Waals surface area contributed by atoms with Gasteiger partial charge in [0.2, 0.25) is 0 Å². The van der Waals surface area contributed by atoms with E-state index in [0.29, 0.717) is 29.9 Å². The molecule has 0 aliphatic carbocycles. The molecule has 0 bridgehead atoms. The number of nitrogens with one attached hydrogen (secondary N) is 1. The highest BCUT2D eigenvalue weighted by molar-refractivity contribution is 5.92. The minimum absolute atomic E-state index is 0.396. The van der Waals surface area contributed by atoms with Crippen LogP contribution in [0.3, 0.4) is 0 Å². The standard InChI is InChI=1S/C21H29N3O2/c1-15(2)17-9-7-16(8-10-17)6-5-13-23-21(22)24-18-11-12-19(25-3)20(14-18)26-4/h7-12,14-15H,5-6,13H2,1-4H3,(H3,22,23,24). The SMILES string of the molecule is COc1ccc(NC(N)=NCCCc2ccc(C(C)C)cc2)cc1OC. The number of aliphatic imine (C=N–C) groups is 1. The van der Waals surface area contributed by atoms with Crippen LogP contribution in [0, 0.1) is 0 Å². The Balaban J connectivity index is 1.83. The van der Waals surface area contributed by atoms with Gasteiger partial charge in [0.25, 0.3) is 0 Å². The van der Waals surface area contributed by atoms with Crippen LogP contribution in [0.4, 0.5) is 5.69 Å². The molecule has 0 atom stereocenters. The Morgan fingerprint density at radius 2 is 1.73 bits per heavy atom. The molecular weight excluding hydrogens is 326 g/mol. The van der Waals surface area contributed by atoms with Crippen molar-refractivity contribution in [3.05, 3.63) is 53.6 Å². The van der Waals surface area contributed by atoms with Gasteiger partial charge >= 0.3 is 0 Å². The van der Waals surface area contributed by atoms with Crippen molar-refractivity contribution < 1.29 is 9.47 Å². The molecule has 3 N–H and O–H groups in total. The summed E-state index contributed by atoms with van der Waals surface area (Å²) >= 11 is 0. The lowest BCUT2D eigenvalue weighted by atomic mass is 10.0. The van der Waals surface area contributed by atoms with E-state index in [4.69, 9.17) is 15.2 Å². The highest BCUT2D eigenvalue weighted by Gasteiger charge is 2.05. The molecular formula is C21H29N3O2. The van der Waals surface area contributed by atoms with Crippen LogP contribution in [-0.4, -0.2) is 26.7 Å². The predicted molar refractivity (Wildman–Crippen MR) is 109 cm³/mol. The summed E-state index contributed by atoms with van der Waals surface area (Å²) in [4.78, 5) is 4.39. The molecule has 0 amide bonds. The average Bonchev–Trinajstić information content (AvgIpc) is 2.65. The van der Waals surface area contributed by atoms with Crippen molar-refractivity contribution in [1.82, 2.24) is 0 Å². The summed E-state index contributed by atoms with van der Waals surface area (Å²) in [5, 5.41) is 3.08. The van der Waals surface area contributed by atoms with E-state index in [-0.39, 0.29) is 0 Å². The number of nitrogens with zero attached hydrogens (tertiary/aromatic N) is 1. The van der Waals surface area contributed by atoms with Gasteiger partial charge in [0.15, 0.2) is 17.5 Å². The molecule has 0 unspecified atom stereocenters. The first-order chi connectivity index (χ1) is 12.5. The summed E-state index contributed by atoms with van der Waals surface area (Å²) in [5.41, 5.74) is 9.48. The van der Waals surface area contributed by atoms with Crippen molar-refractivity contribution in [1.29, 1.82) is 0 Å². The van der Waals surface area contributed by atoms with Gasteiger partial charge in [-0.15, -0.1) is 0 Å². The average molecular weight is 355 g/mol. The molecule has 2 rings (SSSR count). The number of methoxy groups -OCH3 is 2. The summed E-state index contributed by atoms with van der Waals surface area (Å²) in [7, 11) is 3.21. The molecule has 2 aromatic carbocycles. The second-order valence-corrected chi connectivity index (χ2v) is 6.46. The Bertz CT molecular complexity index is 725. The van der Waals surface area contributed by atoms with E-state index in [2.05, 4.69) is 48.4 Å². The first-order valence-electron chi connectivity index (χ1n) is 8.91. The van der Waals surface area contributed by atoms with Crippen LogP contribution in [0.5, 0.6) is 11.5 Å². The Kier molecular flexibility index (Phi) is 7.33. The maximum Gasteiger partial charge on any atom is 0.193 e. The first-order valence-corrected chi connectivity index (χ1v) is 8.91. The zero-order valence-corrected chi connectivity index (χ0v) is 16.1. The maximum atomic E-state index is 5.97. The molecule has 0 aliphatic heterocycles. The van der Waals surface area contributed by atoms with Crippen molar-refractivity contribution in [3.8, 4) is 11.5 Å². The van der Waals surface area contributed by atoms with E-state index in [0.717, 1.165) is 18.5 Å². The second-order valence-electron chi connectivity index (χ2n) is 6.46. The molecule has 5 heteroatoms. The molecule has 0 heterocycles. The van der Waals surface area contributed by atoms with E-state index in [1.165, 1.54) is 11.1 Å². The van der Waals surface area contributed by atoms with E-state index in [1.807, 2.05) is 18.2 Å². The van der Waals surface area contributed by atoms with Gasteiger partial charge in [0.1, 0.15) is 0 Å². The molecule has 0 fully saturated rings. The van der Waals surface area contributed by atoms with Gasteiger partial charge < -0.3 is 20.5 Å². The first kappa shape index (κ1) is 19.6. The van der Waals surface area contributed by atoms with E-state index in [9.17, 15) is 0 Å². The number of anilines is 1. The third-order valence-electron chi connectivity index (χ3n) is 4.21. The lowest BCUT2D eigenvalue weighted by Gasteiger charge is -2.11. The monoisotopic (exact) mass is 355 g/mol. The molecule has 5 nitrogen and oxygen atoms in total. The molecule has 0 radical (unpaired) electrons. The second kappa shape index (κ2) is 9.70. The van der Waals surface area contributed by atoms with Gasteiger partial charge in [-0.05, 0) is 42.0 Å². The summed E-state index contributed by atoms with van der Waals surface area (Å²) in [6, 6.07) is 14.3. The largest absolute Gasteiger partial charge is 0.493 e. The number of rotatable bonds is 8. The maximum absolute atomic E-state index is 5.97. The van der Waals surface area contributed by atoms with Gasteiger partial charge in [-0.25, -0.2) is 0 Å². The van der Waals surface area contributed by atoms with Gasteiger partial charge in [0.05, 0.1) is 14.2 Å². The van der Waals surface area contributed by atoms with Gasteiger partial charge in [-0.1, -0.05) is 38.1 Å². The third kappa shape index (κ3) is 5.69. The highest BCUT2D eigenvalue weighted by Crippen LogP contribution is 2.29. The fourth-order valence-corrected chi connectivity index (χ4v) is 2.65. The molecule has 140 valence electrons. The normalized spacial score (nSPS) is 11.5. The zero-order chi connectivity index (χ0) is 18.9. The minimum atomic E-state index is 0.396. The van der Waals surface area contributed by atoms with Gasteiger partial charge in [0, 0.05) is 18.3 Å². The third-order valence-corrected chi connectivity index (χ3v) is 4.21. The van der Waals surface area contributed by atoms with Crippen LogP contribution >= 0.6 is 0 Å². The predicted octanol–water partition coefficient (Wildman–Crippen LogP) is 4.19. The van der Waals surface area contributed by atoms with Crippen LogP contribution in [0.2, 0.25) is 0 Å². The fraction of sp³-hybridized carbons (Fsp3) is 0.381. The van der Waals surface area contributed by atoms with Crippen LogP contribution < -0.4 is 20.5 Å². The molecule has 2 aromatic rings. The molecule has 0 aliphatic rings. The van der Waals surface area contributed by atoms with Crippen molar-refractivity contribution in [2.75, 3.05) is 26.1 Å². The van der Waals surface area contributed by atoms with Crippen molar-refractivity contribution in [3.63, 3.8) is 0 Å². The molecule has 0 aromatic heterocycles. The fourth-order valence-electron chi connectivity index (χ4n) is 2.65.